The van der Waals surface area contributed by atoms with Crippen LogP contribution in [-0.4, -0.2) is 31.6 Å². The van der Waals surface area contributed by atoms with Gasteiger partial charge in [-0.15, -0.1) is 0 Å². The number of carbonyl (C=O) groups is 2. The summed E-state index contributed by atoms with van der Waals surface area (Å²) in [4.78, 5) is 23.2. The molecule has 5 nitrogen and oxygen atoms in total. The average molecular weight is 292 g/mol. The first-order valence-electron chi connectivity index (χ1n) is 7.30. The highest BCUT2D eigenvalue weighted by molar-refractivity contribution is 5.93. The first-order chi connectivity index (χ1) is 10.0. The predicted molar refractivity (Wildman–Crippen MR) is 83.4 cm³/mol. The molecule has 0 unspecified atom stereocenters. The molecule has 2 N–H and O–H groups in total. The van der Waals surface area contributed by atoms with Crippen LogP contribution in [0.15, 0.2) is 24.3 Å². The van der Waals surface area contributed by atoms with E-state index >= 15 is 0 Å². The Balaban J connectivity index is 2.37. The van der Waals surface area contributed by atoms with E-state index in [1.165, 1.54) is 0 Å². The number of hydrogen-bond acceptors (Lipinski definition) is 4. The fraction of sp³-hybridized carbons (Fsp3) is 0.500. The molecule has 0 fully saturated rings. The maximum absolute atomic E-state index is 11.7. The van der Waals surface area contributed by atoms with E-state index in [-0.39, 0.29) is 11.9 Å². The molecule has 0 aliphatic carbocycles. The van der Waals surface area contributed by atoms with Crippen molar-refractivity contribution in [3.05, 3.63) is 29.8 Å². The van der Waals surface area contributed by atoms with Crippen LogP contribution in [0.3, 0.4) is 0 Å². The molecule has 1 aromatic rings. The summed E-state index contributed by atoms with van der Waals surface area (Å²) in [6.07, 6.45) is 0.423. The lowest BCUT2D eigenvalue weighted by molar-refractivity contribution is -0.116. The van der Waals surface area contributed by atoms with Crippen LogP contribution in [0.5, 0.6) is 0 Å². The van der Waals surface area contributed by atoms with E-state index < -0.39 is 0 Å². The Morgan fingerprint density at radius 1 is 1.19 bits per heavy atom. The van der Waals surface area contributed by atoms with Gasteiger partial charge in [0.15, 0.2) is 0 Å². The predicted octanol–water partition coefficient (Wildman–Crippen LogP) is 2.44. The van der Waals surface area contributed by atoms with Gasteiger partial charge in [-0.25, -0.2) is 4.79 Å². The molecule has 0 saturated heterocycles. The minimum atomic E-state index is -0.353. The van der Waals surface area contributed by atoms with E-state index in [4.69, 9.17) is 4.74 Å². The smallest absolute Gasteiger partial charge is 0.338 e. The summed E-state index contributed by atoms with van der Waals surface area (Å²) in [5.41, 5.74) is 1.16. The van der Waals surface area contributed by atoms with Crippen molar-refractivity contribution in [2.75, 3.05) is 25.0 Å². The van der Waals surface area contributed by atoms with Gasteiger partial charge in [0.25, 0.3) is 0 Å². The summed E-state index contributed by atoms with van der Waals surface area (Å²) >= 11 is 0. The molecule has 0 aromatic heterocycles. The molecular weight excluding hydrogens is 268 g/mol. The minimum Gasteiger partial charge on any atom is -0.462 e. The monoisotopic (exact) mass is 292 g/mol. The molecule has 5 heteroatoms. The van der Waals surface area contributed by atoms with Gasteiger partial charge in [0, 0.05) is 18.7 Å². The van der Waals surface area contributed by atoms with Crippen LogP contribution < -0.4 is 10.6 Å². The topological polar surface area (TPSA) is 67.4 Å². The number of amides is 1. The summed E-state index contributed by atoms with van der Waals surface area (Å²) in [7, 11) is 0. The third-order valence-corrected chi connectivity index (χ3v) is 2.76. The molecule has 1 aromatic carbocycles. The Hall–Kier alpha value is -1.88. The zero-order chi connectivity index (χ0) is 15.7. The SMILES string of the molecule is CCOC(=O)c1ccc(NC(=O)CCNCC(C)C)cc1. The van der Waals surface area contributed by atoms with Gasteiger partial charge >= 0.3 is 5.97 Å². The van der Waals surface area contributed by atoms with Crippen LogP contribution in [0.1, 0.15) is 37.6 Å². The van der Waals surface area contributed by atoms with Crippen molar-refractivity contribution in [1.29, 1.82) is 0 Å². The Morgan fingerprint density at radius 3 is 2.43 bits per heavy atom. The second-order valence-corrected chi connectivity index (χ2v) is 5.19. The van der Waals surface area contributed by atoms with Crippen molar-refractivity contribution in [2.24, 2.45) is 5.92 Å². The highest BCUT2D eigenvalue weighted by Gasteiger charge is 2.07. The molecule has 116 valence electrons. The molecule has 0 heterocycles. The standard InChI is InChI=1S/C16H24N2O3/c1-4-21-16(20)13-5-7-14(8-6-13)18-15(19)9-10-17-11-12(2)3/h5-8,12,17H,4,9-11H2,1-3H3,(H,18,19). The molecule has 21 heavy (non-hydrogen) atoms. The normalized spacial score (nSPS) is 10.5. The first-order valence-corrected chi connectivity index (χ1v) is 7.30. The molecule has 1 rings (SSSR count). The highest BCUT2D eigenvalue weighted by Crippen LogP contribution is 2.10. The van der Waals surface area contributed by atoms with E-state index in [2.05, 4.69) is 24.5 Å². The molecular formula is C16H24N2O3. The molecule has 0 bridgehead atoms. The van der Waals surface area contributed by atoms with Crippen LogP contribution in [0.2, 0.25) is 0 Å². The van der Waals surface area contributed by atoms with E-state index in [1.54, 1.807) is 31.2 Å². The Bertz CT molecular complexity index is 455. The number of anilines is 1. The van der Waals surface area contributed by atoms with Crippen LogP contribution >= 0.6 is 0 Å². The second-order valence-electron chi connectivity index (χ2n) is 5.19. The van der Waals surface area contributed by atoms with Crippen molar-refractivity contribution < 1.29 is 14.3 Å². The average Bonchev–Trinajstić information content (AvgIpc) is 2.44. The molecule has 0 spiro atoms. The van der Waals surface area contributed by atoms with E-state index in [1.807, 2.05) is 0 Å². The van der Waals surface area contributed by atoms with Gasteiger partial charge < -0.3 is 15.4 Å². The summed E-state index contributed by atoms with van der Waals surface area (Å²) in [6, 6.07) is 6.69. The van der Waals surface area contributed by atoms with E-state index in [9.17, 15) is 9.59 Å². The first kappa shape index (κ1) is 17.2. The minimum absolute atomic E-state index is 0.0462. The van der Waals surface area contributed by atoms with Crippen LogP contribution in [0, 0.1) is 5.92 Å². The number of ether oxygens (including phenoxy) is 1. The Labute approximate surface area is 126 Å². The van der Waals surface area contributed by atoms with Crippen molar-refractivity contribution in [3.8, 4) is 0 Å². The number of rotatable bonds is 8. The molecule has 0 aliphatic heterocycles. The number of esters is 1. The third-order valence-electron chi connectivity index (χ3n) is 2.76. The number of carbonyl (C=O) groups excluding carboxylic acids is 2. The lowest BCUT2D eigenvalue weighted by Crippen LogP contribution is -2.24. The fourth-order valence-electron chi connectivity index (χ4n) is 1.72. The summed E-state index contributed by atoms with van der Waals surface area (Å²) in [5, 5.41) is 6.01. The number of nitrogens with one attached hydrogen (secondary N) is 2. The van der Waals surface area contributed by atoms with Crippen molar-refractivity contribution in [2.45, 2.75) is 27.2 Å². The third kappa shape index (κ3) is 6.90. The quantitative estimate of drug-likeness (QED) is 0.570. The van der Waals surface area contributed by atoms with Crippen LogP contribution in [0.25, 0.3) is 0 Å². The highest BCUT2D eigenvalue weighted by atomic mass is 16.5. The van der Waals surface area contributed by atoms with Gasteiger partial charge in [0.05, 0.1) is 12.2 Å². The maximum Gasteiger partial charge on any atom is 0.338 e. The zero-order valence-corrected chi connectivity index (χ0v) is 12.9. The van der Waals surface area contributed by atoms with E-state index in [0.29, 0.717) is 36.7 Å². The van der Waals surface area contributed by atoms with Gasteiger partial charge in [-0.2, -0.15) is 0 Å². The lowest BCUT2D eigenvalue weighted by Gasteiger charge is -2.08. The van der Waals surface area contributed by atoms with Gasteiger partial charge in [-0.05, 0) is 43.7 Å². The second kappa shape index (κ2) is 9.13. The summed E-state index contributed by atoms with van der Waals surface area (Å²) < 4.78 is 4.90. The largest absolute Gasteiger partial charge is 0.462 e. The molecule has 1 amide bonds. The van der Waals surface area contributed by atoms with Gasteiger partial charge in [0.2, 0.25) is 5.91 Å². The Morgan fingerprint density at radius 2 is 1.86 bits per heavy atom. The van der Waals surface area contributed by atoms with Gasteiger partial charge in [-0.3, -0.25) is 4.79 Å². The molecule has 0 saturated carbocycles. The molecule has 0 aliphatic rings. The van der Waals surface area contributed by atoms with Crippen molar-refractivity contribution in [1.82, 2.24) is 5.32 Å². The zero-order valence-electron chi connectivity index (χ0n) is 12.9. The van der Waals surface area contributed by atoms with Crippen LogP contribution in [0.4, 0.5) is 5.69 Å². The van der Waals surface area contributed by atoms with Crippen LogP contribution in [-0.2, 0) is 9.53 Å². The summed E-state index contributed by atoms with van der Waals surface area (Å²) in [5.74, 6) is 0.173. The molecule has 0 atom stereocenters. The lowest BCUT2D eigenvalue weighted by atomic mass is 10.2. The maximum atomic E-state index is 11.7. The summed E-state index contributed by atoms with van der Waals surface area (Å²) in [6.45, 7) is 7.92. The molecule has 0 radical (unpaired) electrons. The fourth-order valence-corrected chi connectivity index (χ4v) is 1.72. The Kier molecular flexibility index (Phi) is 7.46. The van der Waals surface area contributed by atoms with Gasteiger partial charge in [0.1, 0.15) is 0 Å². The number of hydrogen-bond donors (Lipinski definition) is 2. The van der Waals surface area contributed by atoms with Crippen molar-refractivity contribution in [3.63, 3.8) is 0 Å². The van der Waals surface area contributed by atoms with Gasteiger partial charge in [-0.1, -0.05) is 13.8 Å². The number of benzene rings is 1. The van der Waals surface area contributed by atoms with E-state index in [0.717, 1.165) is 6.54 Å². The van der Waals surface area contributed by atoms with Crippen molar-refractivity contribution >= 4 is 17.6 Å².